The van der Waals surface area contributed by atoms with Gasteiger partial charge in [-0.1, -0.05) is 24.3 Å². The Morgan fingerprint density at radius 3 is 2.47 bits per heavy atom. The fourth-order valence-electron chi connectivity index (χ4n) is 6.20. The zero-order chi connectivity index (χ0) is 32.1. The molecule has 45 heavy (non-hydrogen) atoms. The van der Waals surface area contributed by atoms with Crippen LogP contribution in [0.15, 0.2) is 41.2 Å². The Morgan fingerprint density at radius 1 is 1.07 bits per heavy atom. The molecule has 0 saturated carbocycles. The van der Waals surface area contributed by atoms with Gasteiger partial charge in [0.15, 0.2) is 0 Å². The molecule has 2 saturated heterocycles. The number of hydrogen-bond donors (Lipinski definition) is 1. The lowest BCUT2D eigenvalue weighted by Gasteiger charge is -2.37. The van der Waals surface area contributed by atoms with Crippen LogP contribution < -0.4 is 10.3 Å². The van der Waals surface area contributed by atoms with Gasteiger partial charge in [0.25, 0.3) is 17.4 Å². The molecule has 3 aromatic rings. The van der Waals surface area contributed by atoms with Crippen LogP contribution in [0.3, 0.4) is 0 Å². The number of nitrogens with one attached hydrogen (secondary N) is 1. The monoisotopic (exact) mass is 623 g/mol. The molecule has 0 bridgehead atoms. The molecule has 0 aliphatic carbocycles. The van der Waals surface area contributed by atoms with Crippen LogP contribution in [-0.2, 0) is 22.4 Å². The van der Waals surface area contributed by atoms with Crippen molar-refractivity contribution in [3.8, 4) is 5.75 Å². The summed E-state index contributed by atoms with van der Waals surface area (Å²) < 4.78 is 39.9. The zero-order valence-electron chi connectivity index (χ0n) is 25.4. The van der Waals surface area contributed by atoms with E-state index in [1.54, 1.807) is 43.9 Å². The molecule has 0 spiro atoms. The molecule has 3 aliphatic rings. The maximum Gasteiger partial charge on any atom is 0.411 e. The van der Waals surface area contributed by atoms with Crippen LogP contribution in [0.25, 0.3) is 10.8 Å². The lowest BCUT2D eigenvalue weighted by atomic mass is 9.98. The van der Waals surface area contributed by atoms with E-state index < -0.39 is 42.5 Å². The number of hydrogen-bond acceptors (Lipinski definition) is 7. The van der Waals surface area contributed by atoms with Crippen LogP contribution in [-0.4, -0.2) is 99.7 Å². The molecule has 1 unspecified atom stereocenters. The molecule has 3 amide bonds. The number of H-pyrrole nitrogens is 1. The number of aromatic nitrogens is 2. The van der Waals surface area contributed by atoms with Crippen molar-refractivity contribution in [2.24, 2.45) is 0 Å². The summed E-state index contributed by atoms with van der Waals surface area (Å²) in [6.07, 6.45) is -0.704. The van der Waals surface area contributed by atoms with Crippen LogP contribution in [0.5, 0.6) is 5.75 Å². The fraction of sp³-hybridized carbons (Fsp3) is 0.469. The van der Waals surface area contributed by atoms with E-state index in [-0.39, 0.29) is 37.6 Å². The van der Waals surface area contributed by atoms with E-state index in [0.29, 0.717) is 41.8 Å². The third-order valence-corrected chi connectivity index (χ3v) is 8.28. The first-order valence-electron chi connectivity index (χ1n) is 15.0. The van der Waals surface area contributed by atoms with E-state index in [2.05, 4.69) is 10.2 Å². The number of carbonyl (C=O) groups is 3. The fourth-order valence-corrected chi connectivity index (χ4v) is 6.20. The second-order valence-electron chi connectivity index (χ2n) is 12.8. The molecule has 11 nitrogen and oxygen atoms in total. The number of fused-ring (bicyclic) bond motifs is 2. The van der Waals surface area contributed by atoms with Gasteiger partial charge < -0.3 is 19.3 Å². The summed E-state index contributed by atoms with van der Waals surface area (Å²) in [5, 5.41) is 8.10. The van der Waals surface area contributed by atoms with E-state index in [4.69, 9.17) is 9.47 Å². The Bertz CT molecular complexity index is 1730. The van der Waals surface area contributed by atoms with E-state index in [0.717, 1.165) is 21.4 Å². The number of benzene rings is 2. The Balaban J connectivity index is 1.17. The number of amides is 3. The van der Waals surface area contributed by atoms with Crippen molar-refractivity contribution in [3.05, 3.63) is 69.1 Å². The number of aromatic amines is 1. The average molecular weight is 624 g/mol. The van der Waals surface area contributed by atoms with Gasteiger partial charge in [-0.25, -0.2) is 18.7 Å². The lowest BCUT2D eigenvalue weighted by molar-refractivity contribution is -0.137. The normalized spacial score (nSPS) is 19.4. The van der Waals surface area contributed by atoms with Gasteiger partial charge in [-0.2, -0.15) is 5.10 Å². The minimum absolute atomic E-state index is 0.130. The number of likely N-dealkylation sites (tertiary alicyclic amines) is 1. The zero-order valence-corrected chi connectivity index (χ0v) is 25.4. The SMILES string of the molecule is CC(C)(C)OC(=O)N1CC(F)(F)CC1C(=O)N1CCN(C(=O)c2cc(Cc3n[nH]c(=O)c4ccccc34)cc3c2OCC3)CC1. The second kappa shape index (κ2) is 11.4. The Morgan fingerprint density at radius 2 is 1.76 bits per heavy atom. The minimum Gasteiger partial charge on any atom is -0.492 e. The van der Waals surface area contributed by atoms with Gasteiger partial charge in [-0.3, -0.25) is 19.3 Å². The van der Waals surface area contributed by atoms with Crippen molar-refractivity contribution in [1.82, 2.24) is 24.9 Å². The second-order valence-corrected chi connectivity index (χ2v) is 12.8. The molecule has 238 valence electrons. The molecule has 2 fully saturated rings. The number of halogens is 2. The van der Waals surface area contributed by atoms with Crippen molar-refractivity contribution >= 4 is 28.7 Å². The molecule has 1 atom stereocenters. The number of rotatable bonds is 4. The van der Waals surface area contributed by atoms with Crippen LogP contribution in [0.1, 0.15) is 54.4 Å². The smallest absolute Gasteiger partial charge is 0.411 e. The van der Waals surface area contributed by atoms with Crippen molar-refractivity contribution in [3.63, 3.8) is 0 Å². The quantitative estimate of drug-likeness (QED) is 0.473. The largest absolute Gasteiger partial charge is 0.492 e. The summed E-state index contributed by atoms with van der Waals surface area (Å²) >= 11 is 0. The van der Waals surface area contributed by atoms with Gasteiger partial charge in [0.1, 0.15) is 17.4 Å². The minimum atomic E-state index is -3.21. The highest BCUT2D eigenvalue weighted by atomic mass is 19.3. The highest BCUT2D eigenvalue weighted by Crippen LogP contribution is 2.35. The number of ether oxygens (including phenoxy) is 2. The third-order valence-electron chi connectivity index (χ3n) is 8.28. The number of nitrogens with zero attached hydrogens (tertiary/aromatic N) is 4. The van der Waals surface area contributed by atoms with Crippen LogP contribution in [0.2, 0.25) is 0 Å². The van der Waals surface area contributed by atoms with Crippen LogP contribution in [0.4, 0.5) is 13.6 Å². The van der Waals surface area contributed by atoms with Gasteiger partial charge in [0, 0.05) is 50.8 Å². The molecular weight excluding hydrogens is 588 g/mol. The molecule has 6 rings (SSSR count). The van der Waals surface area contributed by atoms with E-state index in [9.17, 15) is 28.0 Å². The molecule has 0 radical (unpaired) electrons. The van der Waals surface area contributed by atoms with Crippen molar-refractivity contribution in [1.29, 1.82) is 0 Å². The maximum atomic E-state index is 14.4. The van der Waals surface area contributed by atoms with Crippen LogP contribution in [0, 0.1) is 0 Å². The summed E-state index contributed by atoms with van der Waals surface area (Å²) in [6.45, 7) is 5.08. The van der Waals surface area contributed by atoms with Gasteiger partial charge in [0.2, 0.25) is 5.91 Å². The molecule has 13 heteroatoms. The highest BCUT2D eigenvalue weighted by Gasteiger charge is 2.52. The van der Waals surface area contributed by atoms with Gasteiger partial charge in [-0.05, 0) is 44.0 Å². The molecule has 1 aromatic heterocycles. The van der Waals surface area contributed by atoms with E-state index >= 15 is 0 Å². The summed E-state index contributed by atoms with van der Waals surface area (Å²) in [5.74, 6) is -3.53. The highest BCUT2D eigenvalue weighted by molar-refractivity contribution is 5.98. The van der Waals surface area contributed by atoms with Crippen LogP contribution >= 0.6 is 0 Å². The van der Waals surface area contributed by atoms with Gasteiger partial charge in [0.05, 0.1) is 29.8 Å². The summed E-state index contributed by atoms with van der Waals surface area (Å²) in [6, 6.07) is 9.64. The molecular formula is C32H35F2N5O6. The van der Waals surface area contributed by atoms with Crippen molar-refractivity contribution < 1.29 is 32.6 Å². The summed E-state index contributed by atoms with van der Waals surface area (Å²) in [7, 11) is 0. The molecule has 4 heterocycles. The number of carbonyl (C=O) groups excluding carboxylic acids is 3. The topological polar surface area (TPSA) is 125 Å². The average Bonchev–Trinajstić information content (AvgIpc) is 3.60. The summed E-state index contributed by atoms with van der Waals surface area (Å²) in [4.78, 5) is 56.0. The Labute approximate surface area is 258 Å². The van der Waals surface area contributed by atoms with E-state index in [1.165, 1.54) is 4.90 Å². The van der Waals surface area contributed by atoms with Crippen molar-refractivity contribution in [2.45, 2.75) is 57.6 Å². The predicted molar refractivity (Wildman–Crippen MR) is 160 cm³/mol. The standard InChI is InChI=1S/C32H35F2N5O6/c1-31(2,3)45-30(43)39-18-32(33,34)17-25(39)29(42)38-11-9-37(10-12-38)28(41)23-15-19(14-20-8-13-44-26(20)23)16-24-21-6-4-5-7-22(21)27(40)36-35-24/h4-7,14-15,25H,8-13,16-18H2,1-3H3,(H,36,40). The first-order chi connectivity index (χ1) is 21.3. The Hall–Kier alpha value is -4.55. The number of alkyl halides is 2. The first kappa shape index (κ1) is 30.5. The molecule has 1 N–H and O–H groups in total. The lowest BCUT2D eigenvalue weighted by Crippen LogP contribution is -2.55. The molecule has 3 aliphatic heterocycles. The van der Waals surface area contributed by atoms with Crippen molar-refractivity contribution in [2.75, 3.05) is 39.3 Å². The summed E-state index contributed by atoms with van der Waals surface area (Å²) in [5.41, 5.74) is 1.64. The van der Waals surface area contributed by atoms with Gasteiger partial charge in [-0.15, -0.1) is 0 Å². The third kappa shape index (κ3) is 6.20. The van der Waals surface area contributed by atoms with Gasteiger partial charge >= 0.3 is 6.09 Å². The number of piperazine rings is 1. The van der Waals surface area contributed by atoms with E-state index in [1.807, 2.05) is 18.2 Å². The predicted octanol–water partition coefficient (Wildman–Crippen LogP) is 3.38. The first-order valence-corrected chi connectivity index (χ1v) is 15.0. The maximum absolute atomic E-state index is 14.4. The molecule has 2 aromatic carbocycles. The Kier molecular flexibility index (Phi) is 7.74.